The maximum atomic E-state index is 9.80. The van der Waals surface area contributed by atoms with E-state index in [0.29, 0.717) is 19.8 Å². The van der Waals surface area contributed by atoms with E-state index in [1.807, 2.05) is 12.1 Å². The summed E-state index contributed by atoms with van der Waals surface area (Å²) in [6.45, 7) is 4.69. The summed E-state index contributed by atoms with van der Waals surface area (Å²) in [4.78, 5) is 0. The van der Waals surface area contributed by atoms with Gasteiger partial charge in [-0.3, -0.25) is 0 Å². The van der Waals surface area contributed by atoms with Gasteiger partial charge in [-0.1, -0.05) is 19.8 Å². The maximum Gasteiger partial charge on any atom is 0.129 e. The minimum atomic E-state index is -0.452. The zero-order chi connectivity index (χ0) is 13.5. The van der Waals surface area contributed by atoms with Gasteiger partial charge in [-0.15, -0.1) is 0 Å². The molecule has 1 fully saturated rings. The van der Waals surface area contributed by atoms with Crippen molar-refractivity contribution in [1.82, 2.24) is 5.32 Å². The van der Waals surface area contributed by atoms with Gasteiger partial charge in [0, 0.05) is 6.54 Å². The molecule has 3 unspecified atom stereocenters. The number of rotatable bonds is 8. The Balaban J connectivity index is 1.51. The van der Waals surface area contributed by atoms with Crippen LogP contribution in [0.3, 0.4) is 0 Å². The minimum absolute atomic E-state index is 0.341. The summed E-state index contributed by atoms with van der Waals surface area (Å²) < 4.78 is 10.6. The Hall–Kier alpha value is -0.840. The molecule has 0 bridgehead atoms. The van der Waals surface area contributed by atoms with Crippen molar-refractivity contribution in [3.05, 3.63) is 24.2 Å². The SMILES string of the molecule is CC1CCCC1CNCC(O)COCc1ccco1. The quantitative estimate of drug-likeness (QED) is 0.758. The molecular weight excluding hydrogens is 242 g/mol. The van der Waals surface area contributed by atoms with Gasteiger partial charge in [0.2, 0.25) is 0 Å². The number of ether oxygens (including phenoxy) is 1. The van der Waals surface area contributed by atoms with Gasteiger partial charge < -0.3 is 19.6 Å². The number of nitrogens with one attached hydrogen (secondary N) is 1. The number of hydrogen-bond acceptors (Lipinski definition) is 4. The fourth-order valence-corrected chi connectivity index (χ4v) is 2.71. The van der Waals surface area contributed by atoms with Gasteiger partial charge in [-0.2, -0.15) is 0 Å². The number of aliphatic hydroxyl groups excluding tert-OH is 1. The Bertz CT molecular complexity index is 339. The van der Waals surface area contributed by atoms with Gasteiger partial charge in [0.25, 0.3) is 0 Å². The smallest absolute Gasteiger partial charge is 0.129 e. The molecule has 4 nitrogen and oxygen atoms in total. The van der Waals surface area contributed by atoms with Gasteiger partial charge in [-0.05, 0) is 36.9 Å². The van der Waals surface area contributed by atoms with Crippen molar-refractivity contribution in [3.8, 4) is 0 Å². The van der Waals surface area contributed by atoms with Gasteiger partial charge in [0.05, 0.1) is 19.0 Å². The van der Waals surface area contributed by atoms with Crippen LogP contribution in [0.15, 0.2) is 22.8 Å². The van der Waals surface area contributed by atoms with E-state index in [0.717, 1.165) is 24.1 Å². The molecule has 0 radical (unpaired) electrons. The highest BCUT2D eigenvalue weighted by Crippen LogP contribution is 2.30. The predicted octanol–water partition coefficient (Wildman–Crippen LogP) is 2.18. The largest absolute Gasteiger partial charge is 0.467 e. The van der Waals surface area contributed by atoms with Crippen LogP contribution in [0.5, 0.6) is 0 Å². The van der Waals surface area contributed by atoms with Crippen LogP contribution in [-0.2, 0) is 11.3 Å². The van der Waals surface area contributed by atoms with Crippen LogP contribution in [0.4, 0.5) is 0 Å². The summed E-state index contributed by atoms with van der Waals surface area (Å²) >= 11 is 0. The molecule has 1 heterocycles. The van der Waals surface area contributed by atoms with E-state index in [4.69, 9.17) is 9.15 Å². The molecule has 2 N–H and O–H groups in total. The van der Waals surface area contributed by atoms with E-state index in [2.05, 4.69) is 12.2 Å². The number of hydrogen-bond donors (Lipinski definition) is 2. The Morgan fingerprint density at radius 2 is 2.42 bits per heavy atom. The van der Waals surface area contributed by atoms with Crippen molar-refractivity contribution >= 4 is 0 Å². The van der Waals surface area contributed by atoms with Crippen molar-refractivity contribution in [2.75, 3.05) is 19.7 Å². The topological polar surface area (TPSA) is 54.6 Å². The first kappa shape index (κ1) is 14.6. The Kier molecular flexibility index (Phi) is 5.89. The molecule has 0 aliphatic heterocycles. The molecule has 1 aliphatic carbocycles. The zero-order valence-corrected chi connectivity index (χ0v) is 11.7. The summed E-state index contributed by atoms with van der Waals surface area (Å²) in [7, 11) is 0. The molecule has 0 aromatic carbocycles. The lowest BCUT2D eigenvalue weighted by atomic mass is 9.98. The fraction of sp³-hybridized carbons (Fsp3) is 0.733. The molecule has 4 heteroatoms. The van der Waals surface area contributed by atoms with Gasteiger partial charge >= 0.3 is 0 Å². The highest BCUT2D eigenvalue weighted by molar-refractivity contribution is 4.96. The van der Waals surface area contributed by atoms with Crippen molar-refractivity contribution in [2.24, 2.45) is 11.8 Å². The fourth-order valence-electron chi connectivity index (χ4n) is 2.71. The molecular formula is C15H25NO3. The first-order valence-electron chi connectivity index (χ1n) is 7.24. The van der Waals surface area contributed by atoms with Crippen molar-refractivity contribution in [1.29, 1.82) is 0 Å². The first-order chi connectivity index (χ1) is 9.25. The lowest BCUT2D eigenvalue weighted by Crippen LogP contribution is -2.34. The summed E-state index contributed by atoms with van der Waals surface area (Å²) in [6.07, 6.45) is 5.19. The Morgan fingerprint density at radius 1 is 1.53 bits per heavy atom. The Labute approximate surface area is 115 Å². The monoisotopic (exact) mass is 267 g/mol. The summed E-state index contributed by atoms with van der Waals surface area (Å²) in [6, 6.07) is 3.70. The van der Waals surface area contributed by atoms with Crippen LogP contribution >= 0.6 is 0 Å². The van der Waals surface area contributed by atoms with Gasteiger partial charge in [0.15, 0.2) is 0 Å². The molecule has 19 heavy (non-hydrogen) atoms. The second-order valence-corrected chi connectivity index (χ2v) is 5.57. The summed E-state index contributed by atoms with van der Waals surface area (Å²) in [5, 5.41) is 13.1. The van der Waals surface area contributed by atoms with Crippen molar-refractivity contribution < 1.29 is 14.3 Å². The zero-order valence-electron chi connectivity index (χ0n) is 11.7. The highest BCUT2D eigenvalue weighted by Gasteiger charge is 2.22. The van der Waals surface area contributed by atoms with Gasteiger partial charge in [0.1, 0.15) is 12.4 Å². The standard InChI is InChI=1S/C15H25NO3/c1-12-4-2-5-13(12)8-16-9-14(17)10-18-11-15-6-3-7-19-15/h3,6-7,12-14,16-17H,2,4-5,8-11H2,1H3. The second kappa shape index (κ2) is 7.68. The lowest BCUT2D eigenvalue weighted by molar-refractivity contribution is 0.0222. The maximum absolute atomic E-state index is 9.80. The molecule has 0 saturated heterocycles. The molecule has 108 valence electrons. The van der Waals surface area contributed by atoms with E-state index in [1.54, 1.807) is 6.26 Å². The summed E-state index contributed by atoms with van der Waals surface area (Å²) in [5.74, 6) is 2.39. The van der Waals surface area contributed by atoms with E-state index < -0.39 is 6.10 Å². The number of furan rings is 1. The van der Waals surface area contributed by atoms with Crippen LogP contribution in [-0.4, -0.2) is 30.9 Å². The lowest BCUT2D eigenvalue weighted by Gasteiger charge is -2.17. The highest BCUT2D eigenvalue weighted by atomic mass is 16.5. The molecule has 1 aromatic heterocycles. The van der Waals surface area contributed by atoms with Crippen LogP contribution in [0.25, 0.3) is 0 Å². The molecule has 1 aliphatic rings. The van der Waals surface area contributed by atoms with Crippen LogP contribution in [0.1, 0.15) is 31.9 Å². The average molecular weight is 267 g/mol. The predicted molar refractivity (Wildman–Crippen MR) is 73.7 cm³/mol. The summed E-state index contributed by atoms with van der Waals surface area (Å²) in [5.41, 5.74) is 0. The first-order valence-corrected chi connectivity index (χ1v) is 7.24. The van der Waals surface area contributed by atoms with Crippen LogP contribution in [0.2, 0.25) is 0 Å². The third-order valence-corrected chi connectivity index (χ3v) is 3.96. The average Bonchev–Trinajstić information content (AvgIpc) is 3.02. The van der Waals surface area contributed by atoms with Crippen molar-refractivity contribution in [3.63, 3.8) is 0 Å². The van der Waals surface area contributed by atoms with Gasteiger partial charge in [-0.25, -0.2) is 0 Å². The molecule has 3 atom stereocenters. The second-order valence-electron chi connectivity index (χ2n) is 5.57. The third-order valence-electron chi connectivity index (χ3n) is 3.96. The normalized spacial score (nSPS) is 24.7. The van der Waals surface area contributed by atoms with E-state index in [1.165, 1.54) is 19.3 Å². The molecule has 1 saturated carbocycles. The van der Waals surface area contributed by atoms with Crippen LogP contribution in [0, 0.1) is 11.8 Å². The molecule has 2 rings (SSSR count). The van der Waals surface area contributed by atoms with Crippen LogP contribution < -0.4 is 5.32 Å². The molecule has 0 spiro atoms. The molecule has 0 amide bonds. The van der Waals surface area contributed by atoms with Crippen molar-refractivity contribution in [2.45, 2.75) is 38.9 Å². The molecule has 1 aromatic rings. The van der Waals surface area contributed by atoms with E-state index in [9.17, 15) is 5.11 Å². The Morgan fingerprint density at radius 3 is 3.11 bits per heavy atom. The minimum Gasteiger partial charge on any atom is -0.467 e. The number of aliphatic hydroxyl groups is 1. The third kappa shape index (κ3) is 4.97. The van der Waals surface area contributed by atoms with E-state index >= 15 is 0 Å². The van der Waals surface area contributed by atoms with E-state index in [-0.39, 0.29) is 0 Å².